The van der Waals surface area contributed by atoms with Crippen LogP contribution in [0.25, 0.3) is 27.6 Å². The minimum absolute atomic E-state index is 0.0382. The lowest BCUT2D eigenvalue weighted by Crippen LogP contribution is -2.34. The van der Waals surface area contributed by atoms with E-state index in [0.717, 1.165) is 60.0 Å². The Hall–Kier alpha value is -4.77. The highest BCUT2D eigenvalue weighted by atomic mass is 19.1. The fourth-order valence-electron chi connectivity index (χ4n) is 6.46. The Labute approximate surface area is 266 Å². The summed E-state index contributed by atoms with van der Waals surface area (Å²) in [6.45, 7) is 8.15. The van der Waals surface area contributed by atoms with E-state index >= 15 is 0 Å². The average molecular weight is 627 g/mol. The number of hydrogen-bond donors (Lipinski definition) is 1. The van der Waals surface area contributed by atoms with Gasteiger partial charge in [0.05, 0.1) is 40.5 Å². The van der Waals surface area contributed by atoms with Crippen molar-refractivity contribution >= 4 is 33.8 Å². The first-order valence-corrected chi connectivity index (χ1v) is 15.7. The number of rotatable bonds is 9. The van der Waals surface area contributed by atoms with E-state index in [1.165, 1.54) is 24.6 Å². The molecule has 1 saturated heterocycles. The molecule has 46 heavy (non-hydrogen) atoms. The fourth-order valence-corrected chi connectivity index (χ4v) is 6.46. The SMILES string of the molecule is CC(=O)OCCn1c(=O)[nH]c2cc(CN3CCC[C@H](c4cn(-c5ccc(F)cc5C(=O)N(C)C(C)C)c5cnccc45)C3)ccc21. The number of carbonyl (C=O) groups is 2. The molecular weight excluding hydrogens is 587 g/mol. The summed E-state index contributed by atoms with van der Waals surface area (Å²) in [6, 6.07) is 12.4. The maximum Gasteiger partial charge on any atom is 0.326 e. The van der Waals surface area contributed by atoms with Gasteiger partial charge in [-0.15, -0.1) is 0 Å². The second-order valence-electron chi connectivity index (χ2n) is 12.4. The number of aromatic nitrogens is 4. The predicted octanol–water partition coefficient (Wildman–Crippen LogP) is 5.23. The number of amides is 1. The summed E-state index contributed by atoms with van der Waals surface area (Å²) in [4.78, 5) is 48.5. The Morgan fingerprint density at radius 1 is 1.15 bits per heavy atom. The average Bonchev–Trinajstić information content (AvgIpc) is 3.57. The van der Waals surface area contributed by atoms with Crippen LogP contribution in [0.1, 0.15) is 61.0 Å². The molecule has 10 nitrogen and oxygen atoms in total. The van der Waals surface area contributed by atoms with Gasteiger partial charge in [0.1, 0.15) is 12.4 Å². The third-order valence-corrected chi connectivity index (χ3v) is 8.99. The number of nitrogens with one attached hydrogen (secondary N) is 1. The molecule has 1 N–H and O–H groups in total. The van der Waals surface area contributed by atoms with Gasteiger partial charge in [-0.1, -0.05) is 6.07 Å². The summed E-state index contributed by atoms with van der Waals surface area (Å²) in [5, 5.41) is 1.07. The fraction of sp³-hybridized carbons (Fsp3) is 0.371. The maximum atomic E-state index is 14.5. The van der Waals surface area contributed by atoms with Crippen molar-refractivity contribution in [2.24, 2.45) is 0 Å². The second kappa shape index (κ2) is 12.9. The number of nitrogens with zero attached hydrogens (tertiary/aromatic N) is 5. The molecule has 1 atom stereocenters. The molecule has 0 aliphatic carbocycles. The summed E-state index contributed by atoms with van der Waals surface area (Å²) >= 11 is 0. The van der Waals surface area contributed by atoms with Gasteiger partial charge in [0.15, 0.2) is 0 Å². The van der Waals surface area contributed by atoms with Gasteiger partial charge in [-0.3, -0.25) is 24.0 Å². The first-order valence-electron chi connectivity index (χ1n) is 15.7. The number of piperidine rings is 1. The monoisotopic (exact) mass is 626 g/mol. The normalized spacial score (nSPS) is 15.6. The van der Waals surface area contributed by atoms with Crippen LogP contribution in [0, 0.1) is 5.82 Å². The van der Waals surface area contributed by atoms with E-state index in [1.807, 2.05) is 42.7 Å². The largest absolute Gasteiger partial charge is 0.464 e. The number of H-pyrrole nitrogens is 1. The van der Waals surface area contributed by atoms with Crippen molar-refractivity contribution in [2.75, 3.05) is 26.7 Å². The van der Waals surface area contributed by atoms with Crippen molar-refractivity contribution in [2.45, 2.75) is 58.7 Å². The molecule has 2 aromatic carbocycles. The van der Waals surface area contributed by atoms with Gasteiger partial charge < -0.3 is 19.2 Å². The quantitative estimate of drug-likeness (QED) is 0.225. The summed E-state index contributed by atoms with van der Waals surface area (Å²) in [5.41, 5.74) is 5.36. The van der Waals surface area contributed by atoms with Crippen molar-refractivity contribution < 1.29 is 18.7 Å². The van der Waals surface area contributed by atoms with Gasteiger partial charge >= 0.3 is 11.7 Å². The number of benzene rings is 2. The van der Waals surface area contributed by atoms with Crippen LogP contribution >= 0.6 is 0 Å². The molecule has 0 unspecified atom stereocenters. The number of pyridine rings is 1. The summed E-state index contributed by atoms with van der Waals surface area (Å²) in [6.07, 6.45) is 7.72. The predicted molar refractivity (Wildman–Crippen MR) is 175 cm³/mol. The lowest BCUT2D eigenvalue weighted by Gasteiger charge is -2.32. The highest BCUT2D eigenvalue weighted by molar-refractivity contribution is 5.99. The number of ether oxygens (including phenoxy) is 1. The minimum atomic E-state index is -0.456. The van der Waals surface area contributed by atoms with Crippen LogP contribution in [0.3, 0.4) is 0 Å². The number of fused-ring (bicyclic) bond motifs is 2. The van der Waals surface area contributed by atoms with Crippen molar-refractivity contribution in [3.05, 3.63) is 94.0 Å². The number of esters is 1. The number of likely N-dealkylation sites (tertiary alicyclic amines) is 1. The molecule has 6 rings (SSSR count). The van der Waals surface area contributed by atoms with Crippen molar-refractivity contribution in [3.63, 3.8) is 0 Å². The van der Waals surface area contributed by atoms with Gasteiger partial charge in [-0.2, -0.15) is 0 Å². The van der Waals surface area contributed by atoms with E-state index in [9.17, 15) is 18.8 Å². The molecule has 1 amide bonds. The second-order valence-corrected chi connectivity index (χ2v) is 12.4. The van der Waals surface area contributed by atoms with E-state index in [1.54, 1.807) is 35.0 Å². The molecule has 0 saturated carbocycles. The molecule has 240 valence electrons. The van der Waals surface area contributed by atoms with E-state index in [2.05, 4.69) is 21.1 Å². The molecule has 0 radical (unpaired) electrons. The molecule has 1 aliphatic heterocycles. The topological polar surface area (TPSA) is 105 Å². The Morgan fingerprint density at radius 3 is 2.76 bits per heavy atom. The van der Waals surface area contributed by atoms with Crippen LogP contribution < -0.4 is 5.69 Å². The number of carbonyl (C=O) groups excluding carboxylic acids is 2. The van der Waals surface area contributed by atoms with E-state index < -0.39 is 5.82 Å². The summed E-state index contributed by atoms with van der Waals surface area (Å²) in [7, 11) is 1.73. The molecule has 5 aromatic rings. The number of hydrogen-bond acceptors (Lipinski definition) is 6. The van der Waals surface area contributed by atoms with Crippen LogP contribution in [-0.4, -0.2) is 73.6 Å². The summed E-state index contributed by atoms with van der Waals surface area (Å²) < 4.78 is 23.1. The van der Waals surface area contributed by atoms with Crippen molar-refractivity contribution in [1.82, 2.24) is 28.9 Å². The Bertz CT molecular complexity index is 1980. The molecule has 0 spiro atoms. The van der Waals surface area contributed by atoms with Gasteiger partial charge in [-0.25, -0.2) is 9.18 Å². The van der Waals surface area contributed by atoms with E-state index in [0.29, 0.717) is 11.3 Å². The van der Waals surface area contributed by atoms with E-state index in [4.69, 9.17) is 4.74 Å². The molecule has 1 fully saturated rings. The lowest BCUT2D eigenvalue weighted by atomic mass is 9.90. The van der Waals surface area contributed by atoms with Gasteiger partial charge in [0, 0.05) is 50.9 Å². The lowest BCUT2D eigenvalue weighted by molar-refractivity contribution is -0.141. The first-order chi connectivity index (χ1) is 22.1. The number of aromatic amines is 1. The smallest absolute Gasteiger partial charge is 0.326 e. The Balaban J connectivity index is 1.27. The Kier molecular flexibility index (Phi) is 8.77. The van der Waals surface area contributed by atoms with E-state index in [-0.39, 0.29) is 42.7 Å². The van der Waals surface area contributed by atoms with Gasteiger partial charge in [0.2, 0.25) is 0 Å². The van der Waals surface area contributed by atoms with Crippen LogP contribution in [0.4, 0.5) is 4.39 Å². The Morgan fingerprint density at radius 2 is 1.98 bits per heavy atom. The van der Waals surface area contributed by atoms with Crippen molar-refractivity contribution in [3.8, 4) is 5.69 Å². The molecule has 11 heteroatoms. The highest BCUT2D eigenvalue weighted by Gasteiger charge is 2.27. The molecule has 3 aromatic heterocycles. The molecule has 0 bridgehead atoms. The molecular formula is C35H39FN6O4. The third kappa shape index (κ3) is 6.19. The van der Waals surface area contributed by atoms with Crippen LogP contribution in [0.5, 0.6) is 0 Å². The first kappa shape index (κ1) is 31.2. The molecule has 4 heterocycles. The zero-order chi connectivity index (χ0) is 32.5. The zero-order valence-electron chi connectivity index (χ0n) is 26.6. The maximum absolute atomic E-state index is 14.5. The zero-order valence-corrected chi connectivity index (χ0v) is 26.6. The minimum Gasteiger partial charge on any atom is -0.464 e. The van der Waals surface area contributed by atoms with Crippen molar-refractivity contribution in [1.29, 1.82) is 0 Å². The highest BCUT2D eigenvalue weighted by Crippen LogP contribution is 2.36. The number of imidazole rings is 1. The summed E-state index contributed by atoms with van der Waals surface area (Å²) in [5.74, 6) is -0.828. The van der Waals surface area contributed by atoms with Gasteiger partial charge in [0.25, 0.3) is 5.91 Å². The molecule has 1 aliphatic rings. The van der Waals surface area contributed by atoms with Crippen LogP contribution in [0.2, 0.25) is 0 Å². The number of halogens is 1. The van der Waals surface area contributed by atoms with Crippen LogP contribution in [-0.2, 0) is 22.6 Å². The third-order valence-electron chi connectivity index (χ3n) is 8.99. The standard InChI is InChI=1S/C35H39FN6O4/c1-22(2)39(4)34(44)28-17-26(36)8-10-31(28)42-21-29(27-11-12-37-18-33(27)42)25-6-5-13-40(20-25)19-24-7-9-32-30(16-24)38-35(45)41(32)14-15-46-23(3)43/h7-12,16-18,21-22,25H,5-6,13-15,19-20H2,1-4H3,(H,38,45)/t25-/m0/s1. The van der Waals surface area contributed by atoms with Gasteiger partial charge in [-0.05, 0) is 86.7 Å². The van der Waals surface area contributed by atoms with Crippen LogP contribution in [0.15, 0.2) is 65.8 Å².